The van der Waals surface area contributed by atoms with Crippen molar-refractivity contribution in [1.82, 2.24) is 14.9 Å². The van der Waals surface area contributed by atoms with E-state index in [-0.39, 0.29) is 5.91 Å². The number of ether oxygens (including phenoxy) is 1. The normalized spacial score (nSPS) is 11.2. The predicted octanol–water partition coefficient (Wildman–Crippen LogP) is 4.53. The van der Waals surface area contributed by atoms with Gasteiger partial charge >= 0.3 is 0 Å². The predicted molar refractivity (Wildman–Crippen MR) is 113 cm³/mol. The lowest BCUT2D eigenvalue weighted by Crippen LogP contribution is -2.26. The fraction of sp³-hybridized carbons (Fsp3) is 0.227. The van der Waals surface area contributed by atoms with Gasteiger partial charge in [-0.05, 0) is 48.4 Å². The van der Waals surface area contributed by atoms with Crippen molar-refractivity contribution in [3.8, 4) is 5.75 Å². The summed E-state index contributed by atoms with van der Waals surface area (Å²) in [5.41, 5.74) is 3.28. The van der Waals surface area contributed by atoms with Crippen molar-refractivity contribution in [3.05, 3.63) is 65.4 Å². The van der Waals surface area contributed by atoms with Gasteiger partial charge in [0, 0.05) is 53.2 Å². The number of hydrogen-bond acceptors (Lipinski definition) is 2. The van der Waals surface area contributed by atoms with Crippen LogP contribution < -0.4 is 10.1 Å². The number of rotatable bonds is 7. The molecule has 5 nitrogen and oxygen atoms in total. The Morgan fingerprint density at radius 2 is 2.11 bits per heavy atom. The number of methoxy groups -OCH3 is 1. The number of nitrogens with one attached hydrogen (secondary N) is 2. The van der Waals surface area contributed by atoms with Crippen molar-refractivity contribution in [2.75, 3.05) is 13.7 Å². The maximum Gasteiger partial charge on any atom is 0.221 e. The molecule has 0 radical (unpaired) electrons. The molecular formula is C22H22ClN3O2. The van der Waals surface area contributed by atoms with Gasteiger partial charge in [-0.15, -0.1) is 0 Å². The van der Waals surface area contributed by atoms with Crippen LogP contribution in [0.1, 0.15) is 12.0 Å². The summed E-state index contributed by atoms with van der Waals surface area (Å²) >= 11 is 6.09. The Bertz CT molecular complexity index is 1130. The van der Waals surface area contributed by atoms with E-state index in [0.717, 1.165) is 39.5 Å². The molecule has 0 fully saturated rings. The number of aryl methyl sites for hydroxylation is 1. The van der Waals surface area contributed by atoms with Gasteiger partial charge in [0.15, 0.2) is 0 Å². The molecule has 28 heavy (non-hydrogen) atoms. The Morgan fingerprint density at radius 3 is 2.96 bits per heavy atom. The highest BCUT2D eigenvalue weighted by Gasteiger charge is 2.09. The van der Waals surface area contributed by atoms with Crippen LogP contribution in [0.25, 0.3) is 21.8 Å². The first-order valence-electron chi connectivity index (χ1n) is 9.30. The minimum Gasteiger partial charge on any atom is -0.496 e. The summed E-state index contributed by atoms with van der Waals surface area (Å²) in [5, 5.41) is 5.89. The Balaban J connectivity index is 1.32. The third kappa shape index (κ3) is 3.71. The van der Waals surface area contributed by atoms with Crippen LogP contribution in [0.3, 0.4) is 0 Å². The zero-order chi connectivity index (χ0) is 19.5. The molecule has 0 aliphatic heterocycles. The van der Waals surface area contributed by atoms with E-state index < -0.39 is 0 Å². The van der Waals surface area contributed by atoms with Gasteiger partial charge in [-0.2, -0.15) is 0 Å². The number of H-pyrrole nitrogens is 1. The lowest BCUT2D eigenvalue weighted by atomic mass is 10.1. The van der Waals surface area contributed by atoms with Gasteiger partial charge < -0.3 is 19.6 Å². The first kappa shape index (κ1) is 18.4. The van der Waals surface area contributed by atoms with Crippen LogP contribution in [0.15, 0.2) is 54.9 Å². The van der Waals surface area contributed by atoms with E-state index in [1.165, 1.54) is 0 Å². The molecule has 0 saturated heterocycles. The molecule has 0 spiro atoms. The number of hydrogen-bond donors (Lipinski definition) is 2. The van der Waals surface area contributed by atoms with Crippen LogP contribution in [0.2, 0.25) is 5.02 Å². The Hall–Kier alpha value is -2.92. The van der Waals surface area contributed by atoms with E-state index in [9.17, 15) is 4.79 Å². The molecular weight excluding hydrogens is 374 g/mol. The second-order valence-electron chi connectivity index (χ2n) is 6.76. The number of amides is 1. The molecule has 4 rings (SSSR count). The second-order valence-corrected chi connectivity index (χ2v) is 7.19. The minimum absolute atomic E-state index is 0.0441. The third-order valence-electron chi connectivity index (χ3n) is 5.02. The molecule has 0 unspecified atom stereocenters. The van der Waals surface area contributed by atoms with Crippen molar-refractivity contribution >= 4 is 39.3 Å². The number of aromatic nitrogens is 2. The molecule has 2 aromatic heterocycles. The monoisotopic (exact) mass is 395 g/mol. The topological polar surface area (TPSA) is 59.0 Å². The quantitative estimate of drug-likeness (QED) is 0.483. The van der Waals surface area contributed by atoms with Gasteiger partial charge in [0.1, 0.15) is 5.75 Å². The van der Waals surface area contributed by atoms with Crippen LogP contribution in [-0.2, 0) is 17.8 Å². The molecule has 0 saturated carbocycles. The van der Waals surface area contributed by atoms with Gasteiger partial charge in [0.05, 0.1) is 12.6 Å². The lowest BCUT2D eigenvalue weighted by molar-refractivity contribution is -0.121. The maximum atomic E-state index is 12.3. The van der Waals surface area contributed by atoms with E-state index in [1.807, 2.05) is 54.9 Å². The zero-order valence-corrected chi connectivity index (χ0v) is 16.4. The van der Waals surface area contributed by atoms with Crippen molar-refractivity contribution in [2.24, 2.45) is 0 Å². The molecule has 1 amide bonds. The van der Waals surface area contributed by atoms with E-state index in [4.69, 9.17) is 16.3 Å². The molecule has 144 valence electrons. The summed E-state index contributed by atoms with van der Waals surface area (Å²) in [7, 11) is 1.67. The van der Waals surface area contributed by atoms with Crippen LogP contribution in [0, 0.1) is 0 Å². The smallest absolute Gasteiger partial charge is 0.221 e. The molecule has 0 atom stereocenters. The Kier molecular flexibility index (Phi) is 5.26. The second kappa shape index (κ2) is 7.98. The molecule has 0 bridgehead atoms. The third-order valence-corrected chi connectivity index (χ3v) is 5.25. The Labute approximate surface area is 168 Å². The van der Waals surface area contributed by atoms with Crippen molar-refractivity contribution < 1.29 is 9.53 Å². The number of aromatic amines is 1. The highest BCUT2D eigenvalue weighted by Crippen LogP contribution is 2.26. The number of fused-ring (bicyclic) bond motifs is 2. The summed E-state index contributed by atoms with van der Waals surface area (Å²) in [6, 6.07) is 13.8. The van der Waals surface area contributed by atoms with Crippen LogP contribution in [0.4, 0.5) is 0 Å². The van der Waals surface area contributed by atoms with Crippen LogP contribution >= 0.6 is 11.6 Å². The molecule has 2 N–H and O–H groups in total. The fourth-order valence-corrected chi connectivity index (χ4v) is 3.74. The number of carbonyl (C=O) groups is 1. The van der Waals surface area contributed by atoms with Gasteiger partial charge in [-0.3, -0.25) is 4.79 Å². The number of carbonyl (C=O) groups excluding carboxylic acids is 1. The summed E-state index contributed by atoms with van der Waals surface area (Å²) in [6.07, 6.45) is 5.17. The average molecular weight is 396 g/mol. The van der Waals surface area contributed by atoms with Crippen molar-refractivity contribution in [3.63, 3.8) is 0 Å². The molecule has 6 heteroatoms. The molecule has 0 aliphatic rings. The highest BCUT2D eigenvalue weighted by atomic mass is 35.5. The molecule has 2 heterocycles. The molecule has 0 aliphatic carbocycles. The zero-order valence-electron chi connectivity index (χ0n) is 15.7. The first-order valence-corrected chi connectivity index (χ1v) is 9.67. The van der Waals surface area contributed by atoms with E-state index >= 15 is 0 Å². The van der Waals surface area contributed by atoms with Crippen molar-refractivity contribution in [1.29, 1.82) is 0 Å². The van der Waals surface area contributed by atoms with Crippen LogP contribution in [-0.4, -0.2) is 29.1 Å². The summed E-state index contributed by atoms with van der Waals surface area (Å²) in [5.74, 6) is 0.891. The van der Waals surface area contributed by atoms with Gasteiger partial charge in [0.25, 0.3) is 0 Å². The van der Waals surface area contributed by atoms with E-state index in [1.54, 1.807) is 7.11 Å². The van der Waals surface area contributed by atoms with Gasteiger partial charge in [-0.25, -0.2) is 0 Å². The largest absolute Gasteiger partial charge is 0.496 e. The number of benzene rings is 2. The maximum absolute atomic E-state index is 12.3. The summed E-state index contributed by atoms with van der Waals surface area (Å²) in [4.78, 5) is 15.5. The number of nitrogens with zero attached hydrogens (tertiary/aromatic N) is 1. The van der Waals surface area contributed by atoms with E-state index in [2.05, 4.69) is 14.9 Å². The lowest BCUT2D eigenvalue weighted by Gasteiger charge is -2.08. The molecule has 4 aromatic rings. The number of halogens is 1. The standard InChI is InChI=1S/C22H22ClN3O2/c1-28-21-4-2-3-20-17(21)8-11-26(20)12-9-22(27)24-10-7-15-14-25-19-6-5-16(23)13-18(15)19/h2-6,8,11,13-14,25H,7,9-10,12H2,1H3,(H,24,27). The summed E-state index contributed by atoms with van der Waals surface area (Å²) in [6.45, 7) is 1.23. The summed E-state index contributed by atoms with van der Waals surface area (Å²) < 4.78 is 7.47. The molecule has 2 aromatic carbocycles. The SMILES string of the molecule is COc1cccc2c1ccn2CCC(=O)NCCc1c[nH]c2ccc(Cl)cc12. The Morgan fingerprint density at radius 1 is 1.21 bits per heavy atom. The fourth-order valence-electron chi connectivity index (χ4n) is 3.57. The van der Waals surface area contributed by atoms with Crippen LogP contribution in [0.5, 0.6) is 5.75 Å². The minimum atomic E-state index is 0.0441. The average Bonchev–Trinajstić information content (AvgIpc) is 3.30. The van der Waals surface area contributed by atoms with Gasteiger partial charge in [-0.1, -0.05) is 17.7 Å². The van der Waals surface area contributed by atoms with Gasteiger partial charge in [0.2, 0.25) is 5.91 Å². The highest BCUT2D eigenvalue weighted by molar-refractivity contribution is 6.31. The first-order chi connectivity index (χ1) is 13.7. The van der Waals surface area contributed by atoms with Crippen molar-refractivity contribution in [2.45, 2.75) is 19.4 Å². The van der Waals surface area contributed by atoms with E-state index in [0.29, 0.717) is 24.5 Å².